The maximum Gasteiger partial charge on any atom is 0.149 e. The Morgan fingerprint density at radius 3 is 2.38 bits per heavy atom. The number of benzene rings is 2. The molecule has 16 heavy (non-hydrogen) atoms. The van der Waals surface area contributed by atoms with E-state index >= 15 is 0 Å². The van der Waals surface area contributed by atoms with E-state index in [0.29, 0.717) is 0 Å². The molecule has 0 saturated carbocycles. The minimum atomic E-state index is 0.886. The van der Waals surface area contributed by atoms with Crippen LogP contribution in [0, 0.1) is 0 Å². The number of furan rings is 1. The number of para-hydroxylation sites is 1. The van der Waals surface area contributed by atoms with Crippen molar-refractivity contribution in [3.8, 4) is 0 Å². The van der Waals surface area contributed by atoms with E-state index < -0.39 is 0 Å². The Morgan fingerprint density at radius 2 is 1.56 bits per heavy atom. The van der Waals surface area contributed by atoms with E-state index in [0.717, 1.165) is 35.4 Å². The molecule has 1 heterocycles. The number of rotatable bonds is 0. The molecule has 0 aliphatic rings. The van der Waals surface area contributed by atoms with Crippen molar-refractivity contribution in [2.24, 2.45) is 0 Å². The van der Waals surface area contributed by atoms with Gasteiger partial charge >= 0.3 is 0 Å². The highest BCUT2D eigenvalue weighted by molar-refractivity contribution is 9.13. The van der Waals surface area contributed by atoms with Gasteiger partial charge in [-0.05, 0) is 66.0 Å². The van der Waals surface area contributed by atoms with Crippen LogP contribution >= 0.6 is 47.8 Å². The van der Waals surface area contributed by atoms with Crippen molar-refractivity contribution in [1.82, 2.24) is 0 Å². The highest BCUT2D eigenvalue weighted by Crippen LogP contribution is 2.37. The van der Waals surface area contributed by atoms with Crippen molar-refractivity contribution in [3.63, 3.8) is 0 Å². The van der Waals surface area contributed by atoms with Gasteiger partial charge in [0.15, 0.2) is 0 Å². The smallest absolute Gasteiger partial charge is 0.149 e. The fourth-order valence-electron chi connectivity index (χ4n) is 1.76. The van der Waals surface area contributed by atoms with Gasteiger partial charge < -0.3 is 4.42 Å². The molecule has 3 aromatic rings. The van der Waals surface area contributed by atoms with Gasteiger partial charge in [0.2, 0.25) is 0 Å². The largest absolute Gasteiger partial charge is 0.455 e. The molecule has 0 saturated heterocycles. The summed E-state index contributed by atoms with van der Waals surface area (Å²) in [5, 5.41) is 2.24. The summed E-state index contributed by atoms with van der Waals surface area (Å²) in [5.41, 5.74) is 1.78. The van der Waals surface area contributed by atoms with Gasteiger partial charge in [0.1, 0.15) is 11.2 Å². The Morgan fingerprint density at radius 1 is 0.812 bits per heavy atom. The van der Waals surface area contributed by atoms with Gasteiger partial charge in [-0.25, -0.2) is 0 Å². The summed E-state index contributed by atoms with van der Waals surface area (Å²) in [6.07, 6.45) is 0. The van der Waals surface area contributed by atoms with Crippen LogP contribution in [-0.2, 0) is 0 Å². The normalized spacial score (nSPS) is 11.4. The number of hydrogen-bond donors (Lipinski definition) is 0. The molecule has 0 bridgehead atoms. The predicted molar refractivity (Wildman–Crippen MR) is 76.8 cm³/mol. The lowest BCUT2D eigenvalue weighted by molar-refractivity contribution is 0.666. The van der Waals surface area contributed by atoms with Crippen LogP contribution in [0.3, 0.4) is 0 Å². The molecule has 0 aliphatic carbocycles. The Hall–Kier alpha value is -0.320. The zero-order chi connectivity index (χ0) is 11.3. The number of fused-ring (bicyclic) bond motifs is 3. The van der Waals surface area contributed by atoms with E-state index in [4.69, 9.17) is 4.42 Å². The first-order valence-electron chi connectivity index (χ1n) is 4.62. The molecular formula is C12H5Br3O. The lowest BCUT2D eigenvalue weighted by Crippen LogP contribution is -1.70. The Bertz CT molecular complexity index is 700. The zero-order valence-corrected chi connectivity index (χ0v) is 12.7. The average molecular weight is 405 g/mol. The summed E-state index contributed by atoms with van der Waals surface area (Å²) >= 11 is 10.5. The molecular weight excluding hydrogens is 400 g/mol. The SMILES string of the molecule is Brc1cc2oc3c(Br)cccc3c2cc1Br. The van der Waals surface area contributed by atoms with E-state index in [-0.39, 0.29) is 0 Å². The van der Waals surface area contributed by atoms with Gasteiger partial charge in [0.25, 0.3) is 0 Å². The highest BCUT2D eigenvalue weighted by atomic mass is 79.9. The highest BCUT2D eigenvalue weighted by Gasteiger charge is 2.11. The maximum atomic E-state index is 5.82. The average Bonchev–Trinajstić information content (AvgIpc) is 2.59. The first-order chi connectivity index (χ1) is 7.66. The standard InChI is InChI=1S/C12H5Br3O/c13-8-3-1-2-6-7-4-9(14)10(15)5-11(7)16-12(6)8/h1-5H. The number of hydrogen-bond acceptors (Lipinski definition) is 1. The Labute approximate surface area is 117 Å². The summed E-state index contributed by atoms with van der Waals surface area (Å²) in [7, 11) is 0. The number of halogens is 3. The Kier molecular flexibility index (Phi) is 2.61. The summed E-state index contributed by atoms with van der Waals surface area (Å²) in [5.74, 6) is 0. The topological polar surface area (TPSA) is 13.1 Å². The van der Waals surface area contributed by atoms with Gasteiger partial charge in [-0.1, -0.05) is 12.1 Å². The molecule has 0 unspecified atom stereocenters. The van der Waals surface area contributed by atoms with Crippen LogP contribution in [0.5, 0.6) is 0 Å². The fourth-order valence-corrected chi connectivity index (χ4v) is 2.87. The van der Waals surface area contributed by atoms with Crippen LogP contribution in [0.4, 0.5) is 0 Å². The lowest BCUT2D eigenvalue weighted by atomic mass is 10.2. The summed E-state index contributed by atoms with van der Waals surface area (Å²) in [6.45, 7) is 0. The third-order valence-corrected chi connectivity index (χ3v) is 4.96. The lowest BCUT2D eigenvalue weighted by Gasteiger charge is -1.95. The second-order valence-electron chi connectivity index (χ2n) is 3.48. The van der Waals surface area contributed by atoms with E-state index in [1.54, 1.807) is 0 Å². The van der Waals surface area contributed by atoms with E-state index in [1.165, 1.54) is 0 Å². The van der Waals surface area contributed by atoms with Gasteiger partial charge in [-0.2, -0.15) is 0 Å². The molecule has 0 atom stereocenters. The third kappa shape index (κ3) is 1.55. The minimum Gasteiger partial charge on any atom is -0.455 e. The first kappa shape index (κ1) is 10.8. The maximum absolute atomic E-state index is 5.82. The van der Waals surface area contributed by atoms with Crippen LogP contribution in [0.25, 0.3) is 21.9 Å². The molecule has 1 aromatic heterocycles. The van der Waals surface area contributed by atoms with E-state index in [9.17, 15) is 0 Å². The molecule has 0 fully saturated rings. The molecule has 0 N–H and O–H groups in total. The van der Waals surface area contributed by atoms with Crippen molar-refractivity contribution < 1.29 is 4.42 Å². The van der Waals surface area contributed by atoms with Crippen LogP contribution in [0.1, 0.15) is 0 Å². The summed E-state index contributed by atoms with van der Waals surface area (Å²) in [6, 6.07) is 10.1. The van der Waals surface area contributed by atoms with Crippen molar-refractivity contribution in [3.05, 3.63) is 43.7 Å². The molecule has 0 amide bonds. The third-order valence-electron chi connectivity index (χ3n) is 2.49. The van der Waals surface area contributed by atoms with Crippen LogP contribution in [-0.4, -0.2) is 0 Å². The summed E-state index contributed by atoms with van der Waals surface area (Å²) in [4.78, 5) is 0. The second kappa shape index (κ2) is 3.86. The molecule has 0 spiro atoms. The molecule has 0 aliphatic heterocycles. The molecule has 0 radical (unpaired) electrons. The second-order valence-corrected chi connectivity index (χ2v) is 6.04. The van der Waals surface area contributed by atoms with Crippen molar-refractivity contribution in [2.75, 3.05) is 0 Å². The van der Waals surface area contributed by atoms with E-state index in [1.807, 2.05) is 18.2 Å². The van der Waals surface area contributed by atoms with Crippen LogP contribution < -0.4 is 0 Å². The quantitative estimate of drug-likeness (QED) is 0.456. The molecule has 3 rings (SSSR count). The summed E-state index contributed by atoms with van der Waals surface area (Å²) < 4.78 is 8.83. The molecule has 4 heteroatoms. The monoisotopic (exact) mass is 402 g/mol. The van der Waals surface area contributed by atoms with Crippen molar-refractivity contribution >= 4 is 69.7 Å². The van der Waals surface area contributed by atoms with Crippen molar-refractivity contribution in [2.45, 2.75) is 0 Å². The molecule has 80 valence electrons. The Balaban J connectivity index is 2.56. The van der Waals surface area contributed by atoms with Crippen LogP contribution in [0.2, 0.25) is 0 Å². The van der Waals surface area contributed by atoms with Gasteiger partial charge in [-0.3, -0.25) is 0 Å². The van der Waals surface area contributed by atoms with Gasteiger partial charge in [0, 0.05) is 19.7 Å². The minimum absolute atomic E-state index is 0.886. The zero-order valence-electron chi connectivity index (χ0n) is 7.93. The van der Waals surface area contributed by atoms with Crippen LogP contribution in [0.15, 0.2) is 48.2 Å². The molecule has 2 aromatic carbocycles. The van der Waals surface area contributed by atoms with E-state index in [2.05, 4.69) is 59.9 Å². The first-order valence-corrected chi connectivity index (χ1v) is 7.00. The fraction of sp³-hybridized carbons (Fsp3) is 0. The van der Waals surface area contributed by atoms with Gasteiger partial charge in [0.05, 0.1) is 4.47 Å². The predicted octanol–water partition coefficient (Wildman–Crippen LogP) is 5.87. The molecule has 1 nitrogen and oxygen atoms in total. The van der Waals surface area contributed by atoms with Crippen molar-refractivity contribution in [1.29, 1.82) is 0 Å². The van der Waals surface area contributed by atoms with Gasteiger partial charge in [-0.15, -0.1) is 0 Å².